The van der Waals surface area contributed by atoms with Gasteiger partial charge in [-0.05, 0) is 44.4 Å². The zero-order valence-corrected chi connectivity index (χ0v) is 15.5. The van der Waals surface area contributed by atoms with Crippen LogP contribution in [0.5, 0.6) is 0 Å². The van der Waals surface area contributed by atoms with E-state index in [1.165, 1.54) is 12.1 Å². The second-order valence-corrected chi connectivity index (χ2v) is 7.09. The van der Waals surface area contributed by atoms with E-state index in [-0.39, 0.29) is 11.9 Å². The van der Waals surface area contributed by atoms with Gasteiger partial charge in [0.2, 0.25) is 0 Å². The van der Waals surface area contributed by atoms with Gasteiger partial charge in [0.1, 0.15) is 23.8 Å². The maximum absolute atomic E-state index is 13.3. The third kappa shape index (κ3) is 3.77. The number of hydrogen-bond acceptors (Lipinski definition) is 5. The Morgan fingerprint density at radius 1 is 1.19 bits per heavy atom. The summed E-state index contributed by atoms with van der Waals surface area (Å²) in [6.45, 7) is 5.09. The third-order valence-corrected chi connectivity index (χ3v) is 4.86. The van der Waals surface area contributed by atoms with E-state index in [4.69, 9.17) is 0 Å². The molecule has 2 aromatic heterocycles. The summed E-state index contributed by atoms with van der Waals surface area (Å²) in [6, 6.07) is 9.22. The standard InChI is InChI=1S/C20H23FN6/c1-14(2)27-12-17(11-24-27)25-19-10-20(23-13-22-19)26-9-3-4-18(26)15-5-7-16(21)8-6-15/h5-8,10-14,18H,3-4,9H2,1-2H3,(H,22,23,25). The Labute approximate surface area is 158 Å². The van der Waals surface area contributed by atoms with Crippen molar-refractivity contribution in [2.45, 2.75) is 38.8 Å². The molecule has 0 amide bonds. The van der Waals surface area contributed by atoms with Crippen molar-refractivity contribution in [1.29, 1.82) is 0 Å². The van der Waals surface area contributed by atoms with Crippen LogP contribution in [0.25, 0.3) is 0 Å². The van der Waals surface area contributed by atoms with Crippen molar-refractivity contribution in [2.75, 3.05) is 16.8 Å². The van der Waals surface area contributed by atoms with Crippen LogP contribution in [0.3, 0.4) is 0 Å². The van der Waals surface area contributed by atoms with Gasteiger partial charge < -0.3 is 10.2 Å². The molecule has 1 aliphatic heterocycles. The van der Waals surface area contributed by atoms with E-state index in [2.05, 4.69) is 39.1 Å². The quantitative estimate of drug-likeness (QED) is 0.721. The number of nitrogens with zero attached hydrogens (tertiary/aromatic N) is 5. The molecule has 0 radical (unpaired) electrons. The van der Waals surface area contributed by atoms with Crippen LogP contribution in [0.2, 0.25) is 0 Å². The van der Waals surface area contributed by atoms with Crippen LogP contribution in [0.4, 0.5) is 21.7 Å². The molecule has 7 heteroatoms. The molecule has 1 aliphatic rings. The lowest BCUT2D eigenvalue weighted by molar-refractivity contribution is 0.532. The molecule has 6 nitrogen and oxygen atoms in total. The highest BCUT2D eigenvalue weighted by Crippen LogP contribution is 2.35. The maximum Gasteiger partial charge on any atom is 0.135 e. The molecule has 1 unspecified atom stereocenters. The first kappa shape index (κ1) is 17.5. The van der Waals surface area contributed by atoms with Crippen molar-refractivity contribution < 1.29 is 4.39 Å². The van der Waals surface area contributed by atoms with Crippen LogP contribution in [0.1, 0.15) is 44.3 Å². The number of halogens is 1. The van der Waals surface area contributed by atoms with Gasteiger partial charge in [-0.2, -0.15) is 5.10 Å². The van der Waals surface area contributed by atoms with E-state index in [1.54, 1.807) is 12.5 Å². The summed E-state index contributed by atoms with van der Waals surface area (Å²) >= 11 is 0. The van der Waals surface area contributed by atoms with Crippen LogP contribution in [0, 0.1) is 5.82 Å². The molecule has 4 rings (SSSR count). The minimum absolute atomic E-state index is 0.206. The summed E-state index contributed by atoms with van der Waals surface area (Å²) in [6.07, 6.45) is 7.43. The molecule has 1 N–H and O–H groups in total. The summed E-state index contributed by atoms with van der Waals surface area (Å²) in [7, 11) is 0. The van der Waals surface area contributed by atoms with E-state index in [1.807, 2.05) is 29.1 Å². The lowest BCUT2D eigenvalue weighted by Gasteiger charge is -2.26. The summed E-state index contributed by atoms with van der Waals surface area (Å²) in [4.78, 5) is 11.1. The Balaban J connectivity index is 1.54. The van der Waals surface area contributed by atoms with E-state index >= 15 is 0 Å². The second-order valence-electron chi connectivity index (χ2n) is 7.09. The van der Waals surface area contributed by atoms with Gasteiger partial charge in [-0.25, -0.2) is 14.4 Å². The molecule has 1 atom stereocenters. The number of rotatable bonds is 5. The number of benzene rings is 1. The van der Waals surface area contributed by atoms with Gasteiger partial charge in [0.25, 0.3) is 0 Å². The third-order valence-electron chi connectivity index (χ3n) is 4.86. The highest BCUT2D eigenvalue weighted by atomic mass is 19.1. The lowest BCUT2D eigenvalue weighted by Crippen LogP contribution is -2.23. The maximum atomic E-state index is 13.3. The average molecular weight is 366 g/mol. The van der Waals surface area contributed by atoms with Crippen LogP contribution in [-0.2, 0) is 0 Å². The Kier molecular flexibility index (Phi) is 4.75. The van der Waals surface area contributed by atoms with Gasteiger partial charge in [0.15, 0.2) is 0 Å². The van der Waals surface area contributed by atoms with Crippen LogP contribution < -0.4 is 10.2 Å². The summed E-state index contributed by atoms with van der Waals surface area (Å²) in [5.74, 6) is 1.39. The highest BCUT2D eigenvalue weighted by Gasteiger charge is 2.27. The van der Waals surface area contributed by atoms with Crippen LogP contribution in [0.15, 0.2) is 49.1 Å². The molecule has 1 saturated heterocycles. The number of anilines is 3. The van der Waals surface area contributed by atoms with Crippen molar-refractivity contribution in [3.8, 4) is 0 Å². The van der Waals surface area contributed by atoms with Gasteiger partial charge in [0.05, 0.1) is 17.9 Å². The Morgan fingerprint density at radius 3 is 2.74 bits per heavy atom. The molecule has 3 aromatic rings. The average Bonchev–Trinajstić information content (AvgIpc) is 3.32. The molecule has 1 fully saturated rings. The normalized spacial score (nSPS) is 16.9. The van der Waals surface area contributed by atoms with Crippen molar-refractivity contribution in [3.05, 3.63) is 60.4 Å². The molecule has 0 aliphatic carbocycles. The van der Waals surface area contributed by atoms with Gasteiger partial charge in [-0.15, -0.1) is 0 Å². The predicted octanol–water partition coefficient (Wildman–Crippen LogP) is 4.48. The molecule has 1 aromatic carbocycles. The van der Waals surface area contributed by atoms with Crippen molar-refractivity contribution in [2.24, 2.45) is 0 Å². The van der Waals surface area contributed by atoms with Crippen molar-refractivity contribution >= 4 is 17.3 Å². The minimum atomic E-state index is -0.209. The fourth-order valence-corrected chi connectivity index (χ4v) is 3.48. The number of nitrogens with one attached hydrogen (secondary N) is 1. The molecular weight excluding hydrogens is 343 g/mol. The first-order valence-electron chi connectivity index (χ1n) is 9.25. The first-order chi connectivity index (χ1) is 13.1. The zero-order chi connectivity index (χ0) is 18.8. The largest absolute Gasteiger partial charge is 0.349 e. The fourth-order valence-electron chi connectivity index (χ4n) is 3.48. The molecule has 0 bridgehead atoms. The Bertz CT molecular complexity index is 905. The first-order valence-corrected chi connectivity index (χ1v) is 9.25. The SMILES string of the molecule is CC(C)n1cc(Nc2cc(N3CCCC3c3ccc(F)cc3)ncn2)cn1. The van der Waals surface area contributed by atoms with Gasteiger partial charge >= 0.3 is 0 Å². The van der Waals surface area contributed by atoms with E-state index in [0.29, 0.717) is 6.04 Å². The minimum Gasteiger partial charge on any atom is -0.349 e. The zero-order valence-electron chi connectivity index (χ0n) is 15.5. The lowest BCUT2D eigenvalue weighted by atomic mass is 10.0. The van der Waals surface area contributed by atoms with E-state index in [9.17, 15) is 4.39 Å². The highest BCUT2D eigenvalue weighted by molar-refractivity contribution is 5.58. The Morgan fingerprint density at radius 2 is 2.00 bits per heavy atom. The van der Waals surface area contributed by atoms with Crippen molar-refractivity contribution in [1.82, 2.24) is 19.7 Å². The van der Waals surface area contributed by atoms with Gasteiger partial charge in [-0.1, -0.05) is 12.1 Å². The summed E-state index contributed by atoms with van der Waals surface area (Å²) in [5, 5.41) is 7.63. The monoisotopic (exact) mass is 366 g/mol. The van der Waals surface area contributed by atoms with Gasteiger partial charge in [0, 0.05) is 24.8 Å². The van der Waals surface area contributed by atoms with E-state index in [0.717, 1.165) is 42.3 Å². The molecule has 27 heavy (non-hydrogen) atoms. The summed E-state index contributed by atoms with van der Waals surface area (Å²) in [5.41, 5.74) is 2.00. The summed E-state index contributed by atoms with van der Waals surface area (Å²) < 4.78 is 15.2. The van der Waals surface area contributed by atoms with Gasteiger partial charge in [-0.3, -0.25) is 4.68 Å². The number of hydrogen-bond donors (Lipinski definition) is 1. The molecule has 0 saturated carbocycles. The molecular formula is C20H23FN6. The molecule has 3 heterocycles. The number of aromatic nitrogens is 4. The Hall–Kier alpha value is -2.96. The predicted molar refractivity (Wildman–Crippen MR) is 104 cm³/mol. The molecule has 0 spiro atoms. The molecule has 140 valence electrons. The van der Waals surface area contributed by atoms with Crippen molar-refractivity contribution in [3.63, 3.8) is 0 Å². The smallest absolute Gasteiger partial charge is 0.135 e. The fraction of sp³-hybridized carbons (Fsp3) is 0.350. The van der Waals surface area contributed by atoms with E-state index < -0.39 is 0 Å². The van der Waals surface area contributed by atoms with Crippen LogP contribution >= 0.6 is 0 Å². The topological polar surface area (TPSA) is 58.9 Å². The second kappa shape index (κ2) is 7.34. The van der Waals surface area contributed by atoms with Crippen LogP contribution in [-0.4, -0.2) is 26.3 Å².